The van der Waals surface area contributed by atoms with Crippen molar-refractivity contribution in [3.05, 3.63) is 33.9 Å². The van der Waals surface area contributed by atoms with Crippen molar-refractivity contribution >= 4 is 39.3 Å². The molecule has 13 heavy (non-hydrogen) atoms. The van der Waals surface area contributed by atoms with Crippen LogP contribution in [-0.2, 0) is 0 Å². The van der Waals surface area contributed by atoms with Crippen molar-refractivity contribution in [1.82, 2.24) is 0 Å². The number of halogens is 2. The lowest BCUT2D eigenvalue weighted by atomic mass is 10.1. The summed E-state index contributed by atoms with van der Waals surface area (Å²) in [7, 11) is 0. The third-order valence-corrected chi connectivity index (χ3v) is 3.19. The Morgan fingerprint density at radius 2 is 2.23 bits per heavy atom. The van der Waals surface area contributed by atoms with Crippen LogP contribution in [0, 0.1) is 5.13 Å². The fourth-order valence-electron chi connectivity index (χ4n) is 1.21. The number of benzene rings is 1. The first kappa shape index (κ1) is 8.66. The Morgan fingerprint density at radius 3 is 2.92 bits per heavy atom. The van der Waals surface area contributed by atoms with E-state index < -0.39 is 5.13 Å². The molecule has 1 nitrogen and oxygen atoms in total. The minimum Gasteiger partial charge on any atom is -0.298 e. The molecule has 0 fully saturated rings. The van der Waals surface area contributed by atoms with E-state index in [9.17, 15) is 9.18 Å². The van der Waals surface area contributed by atoms with Gasteiger partial charge in [-0.1, -0.05) is 23.7 Å². The molecule has 2 aromatic rings. The molecule has 0 unspecified atom stereocenters. The summed E-state index contributed by atoms with van der Waals surface area (Å²) in [6.07, 6.45) is 0.681. The predicted molar refractivity (Wildman–Crippen MR) is 52.2 cm³/mol. The highest BCUT2D eigenvalue weighted by molar-refractivity contribution is 7.18. The Balaban J connectivity index is 2.94. The summed E-state index contributed by atoms with van der Waals surface area (Å²) in [5.41, 5.74) is 0.433. The number of aldehydes is 1. The van der Waals surface area contributed by atoms with Crippen LogP contribution in [-0.4, -0.2) is 6.29 Å². The summed E-state index contributed by atoms with van der Waals surface area (Å²) < 4.78 is 13.7. The van der Waals surface area contributed by atoms with E-state index >= 15 is 0 Å². The molecule has 0 aliphatic heterocycles. The molecule has 66 valence electrons. The van der Waals surface area contributed by atoms with Gasteiger partial charge in [-0.25, -0.2) is 0 Å². The van der Waals surface area contributed by atoms with Crippen LogP contribution in [0.5, 0.6) is 0 Å². The molecule has 1 aromatic carbocycles. The highest BCUT2D eigenvalue weighted by Gasteiger charge is 2.12. The average molecular weight is 215 g/mol. The van der Waals surface area contributed by atoms with E-state index in [4.69, 9.17) is 11.6 Å². The van der Waals surface area contributed by atoms with E-state index in [1.807, 2.05) is 0 Å². The zero-order valence-electron chi connectivity index (χ0n) is 6.38. The van der Waals surface area contributed by atoms with Crippen molar-refractivity contribution < 1.29 is 9.18 Å². The molecule has 1 heterocycles. The van der Waals surface area contributed by atoms with E-state index in [1.165, 1.54) is 0 Å². The molecule has 0 aliphatic carbocycles. The van der Waals surface area contributed by atoms with Gasteiger partial charge in [-0.05, 0) is 6.07 Å². The molecule has 0 N–H and O–H groups in total. The summed E-state index contributed by atoms with van der Waals surface area (Å²) in [5, 5.41) is 0.121. The first-order valence-electron chi connectivity index (χ1n) is 3.55. The van der Waals surface area contributed by atoms with Crippen LogP contribution in [0.25, 0.3) is 10.1 Å². The highest BCUT2D eigenvalue weighted by Crippen LogP contribution is 2.35. The molecular formula is C9H4ClFOS. The lowest BCUT2D eigenvalue weighted by molar-refractivity contribution is 0.112. The molecule has 2 rings (SSSR count). The minimum atomic E-state index is -0.439. The van der Waals surface area contributed by atoms with Crippen LogP contribution in [0.1, 0.15) is 10.4 Å². The SMILES string of the molecule is O=Cc1cccc2sc(F)c(Cl)c12. The molecular weight excluding hydrogens is 211 g/mol. The van der Waals surface area contributed by atoms with E-state index in [-0.39, 0.29) is 5.02 Å². The number of carbonyl (C=O) groups is 1. The van der Waals surface area contributed by atoms with Crippen LogP contribution >= 0.6 is 22.9 Å². The average Bonchev–Trinajstić information content (AvgIpc) is 2.43. The molecule has 0 bridgehead atoms. The minimum absolute atomic E-state index is 0.0442. The van der Waals surface area contributed by atoms with Crippen molar-refractivity contribution in [3.8, 4) is 0 Å². The Kier molecular flexibility index (Phi) is 2.06. The van der Waals surface area contributed by atoms with E-state index in [0.29, 0.717) is 21.9 Å². The number of thiophene rings is 1. The summed E-state index contributed by atoms with van der Waals surface area (Å²) in [4.78, 5) is 10.6. The molecule has 0 aliphatic rings. The monoisotopic (exact) mass is 214 g/mol. The van der Waals surface area contributed by atoms with Gasteiger partial charge in [0.15, 0.2) is 11.4 Å². The quantitative estimate of drug-likeness (QED) is 0.664. The fraction of sp³-hybridized carbons (Fsp3) is 0. The van der Waals surface area contributed by atoms with Gasteiger partial charge in [0.1, 0.15) is 0 Å². The molecule has 0 amide bonds. The largest absolute Gasteiger partial charge is 0.298 e. The van der Waals surface area contributed by atoms with Gasteiger partial charge in [0.2, 0.25) is 0 Å². The molecule has 0 saturated carbocycles. The Bertz CT molecular complexity index is 478. The second-order valence-corrected chi connectivity index (χ2v) is 3.91. The van der Waals surface area contributed by atoms with Crippen LogP contribution in [0.2, 0.25) is 5.02 Å². The van der Waals surface area contributed by atoms with Crippen LogP contribution in [0.15, 0.2) is 18.2 Å². The zero-order valence-corrected chi connectivity index (χ0v) is 7.95. The third kappa shape index (κ3) is 1.24. The maximum absolute atomic E-state index is 13.0. The topological polar surface area (TPSA) is 17.1 Å². The van der Waals surface area contributed by atoms with Gasteiger partial charge in [0.25, 0.3) is 0 Å². The fourth-order valence-corrected chi connectivity index (χ4v) is 2.44. The maximum atomic E-state index is 13.0. The number of fused-ring (bicyclic) bond motifs is 1. The zero-order chi connectivity index (χ0) is 9.42. The van der Waals surface area contributed by atoms with Gasteiger partial charge in [-0.3, -0.25) is 4.79 Å². The molecule has 0 spiro atoms. The van der Waals surface area contributed by atoms with Gasteiger partial charge < -0.3 is 0 Å². The summed E-state index contributed by atoms with van der Waals surface area (Å²) in [6.45, 7) is 0. The molecule has 0 saturated heterocycles. The second-order valence-electron chi connectivity index (χ2n) is 2.53. The molecule has 1 aromatic heterocycles. The van der Waals surface area contributed by atoms with Gasteiger partial charge in [0, 0.05) is 15.6 Å². The maximum Gasteiger partial charge on any atom is 0.196 e. The normalized spacial score (nSPS) is 10.6. The van der Waals surface area contributed by atoms with Crippen LogP contribution in [0.4, 0.5) is 4.39 Å². The van der Waals surface area contributed by atoms with Crippen molar-refractivity contribution in [1.29, 1.82) is 0 Å². The second kappa shape index (κ2) is 3.09. The predicted octanol–water partition coefficient (Wildman–Crippen LogP) is 3.51. The molecule has 0 atom stereocenters. The van der Waals surface area contributed by atoms with E-state index in [1.54, 1.807) is 18.2 Å². The summed E-state index contributed by atoms with van der Waals surface area (Å²) >= 11 is 6.65. The Labute approximate surface area is 82.7 Å². The Morgan fingerprint density at radius 1 is 1.46 bits per heavy atom. The van der Waals surface area contributed by atoms with Gasteiger partial charge >= 0.3 is 0 Å². The number of hydrogen-bond donors (Lipinski definition) is 0. The Hall–Kier alpha value is -0.930. The first-order valence-corrected chi connectivity index (χ1v) is 4.75. The van der Waals surface area contributed by atoms with E-state index in [2.05, 4.69) is 0 Å². The van der Waals surface area contributed by atoms with Gasteiger partial charge in [-0.15, -0.1) is 11.3 Å². The lowest BCUT2D eigenvalue weighted by Gasteiger charge is -1.93. The van der Waals surface area contributed by atoms with Crippen molar-refractivity contribution in [2.75, 3.05) is 0 Å². The van der Waals surface area contributed by atoms with Crippen LogP contribution < -0.4 is 0 Å². The van der Waals surface area contributed by atoms with Crippen molar-refractivity contribution in [3.63, 3.8) is 0 Å². The van der Waals surface area contributed by atoms with Crippen LogP contribution in [0.3, 0.4) is 0 Å². The summed E-state index contributed by atoms with van der Waals surface area (Å²) in [6, 6.07) is 5.06. The smallest absolute Gasteiger partial charge is 0.196 e. The molecule has 4 heteroatoms. The first-order chi connectivity index (χ1) is 6.24. The van der Waals surface area contributed by atoms with Crippen molar-refractivity contribution in [2.45, 2.75) is 0 Å². The third-order valence-electron chi connectivity index (χ3n) is 1.78. The number of carbonyl (C=O) groups excluding carboxylic acids is 1. The highest BCUT2D eigenvalue weighted by atomic mass is 35.5. The van der Waals surface area contributed by atoms with Gasteiger partial charge in [0.05, 0.1) is 5.02 Å². The summed E-state index contributed by atoms with van der Waals surface area (Å²) in [5.74, 6) is 0. The number of hydrogen-bond acceptors (Lipinski definition) is 2. The standard InChI is InChI=1S/C9H4ClFOS/c10-8-7-5(4-12)2-1-3-6(7)13-9(8)11/h1-4H. The lowest BCUT2D eigenvalue weighted by Crippen LogP contribution is -1.79. The number of rotatable bonds is 1. The van der Waals surface area contributed by atoms with Gasteiger partial charge in [-0.2, -0.15) is 4.39 Å². The molecule has 0 radical (unpaired) electrons. The van der Waals surface area contributed by atoms with Crippen molar-refractivity contribution in [2.24, 2.45) is 0 Å². The van der Waals surface area contributed by atoms with E-state index in [0.717, 1.165) is 11.3 Å².